The third-order valence-electron chi connectivity index (χ3n) is 3.92. The van der Waals surface area contributed by atoms with E-state index < -0.39 is 0 Å². The number of hydrogen-bond acceptors (Lipinski definition) is 2. The topological polar surface area (TPSA) is 33.5 Å². The Morgan fingerprint density at radius 1 is 1.42 bits per heavy atom. The molecule has 1 atom stereocenters. The fraction of sp³-hybridized carbons (Fsp3) is 0.400. The van der Waals surface area contributed by atoms with Crippen LogP contribution in [0, 0.1) is 5.92 Å². The minimum Gasteiger partial charge on any atom is -0.451 e. The summed E-state index contributed by atoms with van der Waals surface area (Å²) in [7, 11) is 1.84. The van der Waals surface area contributed by atoms with Gasteiger partial charge in [-0.05, 0) is 49.9 Å². The Morgan fingerprint density at radius 3 is 2.84 bits per heavy atom. The summed E-state index contributed by atoms with van der Waals surface area (Å²) in [6.45, 7) is 2.09. The number of hydrogen-bond donors (Lipinski definition) is 0. The number of fused-ring (bicyclic) bond motifs is 1. The molecule has 1 aromatic carbocycles. The van der Waals surface area contributed by atoms with Crippen molar-refractivity contribution in [3.05, 3.63) is 35.0 Å². The first kappa shape index (κ1) is 12.5. The van der Waals surface area contributed by atoms with Crippen molar-refractivity contribution in [1.29, 1.82) is 0 Å². The molecule has 1 aliphatic carbocycles. The lowest BCUT2D eigenvalue weighted by Crippen LogP contribution is -2.36. The van der Waals surface area contributed by atoms with Crippen molar-refractivity contribution in [2.24, 2.45) is 5.92 Å². The Hall–Kier alpha value is -1.48. The van der Waals surface area contributed by atoms with Gasteiger partial charge in [0.05, 0.1) is 0 Å². The van der Waals surface area contributed by atoms with Crippen LogP contribution in [0.2, 0.25) is 5.02 Å². The van der Waals surface area contributed by atoms with Crippen molar-refractivity contribution in [2.75, 3.05) is 7.05 Å². The molecule has 3 rings (SSSR count). The molecule has 1 aromatic heterocycles. The number of halogens is 1. The first-order valence-corrected chi connectivity index (χ1v) is 6.90. The summed E-state index contributed by atoms with van der Waals surface area (Å²) in [6, 6.07) is 7.39. The van der Waals surface area contributed by atoms with Crippen LogP contribution in [0.4, 0.5) is 0 Å². The third-order valence-corrected chi connectivity index (χ3v) is 4.16. The Kier molecular flexibility index (Phi) is 3.02. The standard InChI is InChI=1S/C15H16ClNO2/c1-9(10-3-4-10)17(2)15(18)14-8-11-7-12(16)5-6-13(11)19-14/h5-10H,3-4H2,1-2H3. The van der Waals surface area contributed by atoms with E-state index in [-0.39, 0.29) is 11.9 Å². The average molecular weight is 278 g/mol. The Morgan fingerprint density at radius 2 is 2.16 bits per heavy atom. The quantitative estimate of drug-likeness (QED) is 0.851. The van der Waals surface area contributed by atoms with Gasteiger partial charge in [0.2, 0.25) is 0 Å². The zero-order chi connectivity index (χ0) is 13.6. The van der Waals surface area contributed by atoms with Crippen LogP contribution < -0.4 is 0 Å². The molecule has 3 nitrogen and oxygen atoms in total. The van der Waals surface area contributed by atoms with Gasteiger partial charge < -0.3 is 9.32 Å². The molecule has 0 N–H and O–H groups in total. The predicted octanol–water partition coefficient (Wildman–Crippen LogP) is 3.96. The van der Waals surface area contributed by atoms with Crippen molar-refractivity contribution in [1.82, 2.24) is 4.90 Å². The Labute approximate surface area is 117 Å². The molecule has 0 spiro atoms. The molecule has 100 valence electrons. The smallest absolute Gasteiger partial charge is 0.289 e. The molecule has 1 saturated carbocycles. The van der Waals surface area contributed by atoms with Crippen LogP contribution in [0.1, 0.15) is 30.3 Å². The largest absolute Gasteiger partial charge is 0.451 e. The highest BCUT2D eigenvalue weighted by Gasteiger charge is 2.33. The van der Waals surface area contributed by atoms with Crippen molar-refractivity contribution in [2.45, 2.75) is 25.8 Å². The number of benzene rings is 1. The highest BCUT2D eigenvalue weighted by molar-refractivity contribution is 6.31. The van der Waals surface area contributed by atoms with Gasteiger partial charge in [0.25, 0.3) is 5.91 Å². The lowest BCUT2D eigenvalue weighted by Gasteiger charge is -2.23. The van der Waals surface area contributed by atoms with E-state index in [9.17, 15) is 4.79 Å². The number of carbonyl (C=O) groups is 1. The molecule has 2 aromatic rings. The van der Waals surface area contributed by atoms with Gasteiger partial charge >= 0.3 is 0 Å². The molecule has 1 fully saturated rings. The van der Waals surface area contributed by atoms with Crippen LogP contribution in [0.15, 0.2) is 28.7 Å². The monoisotopic (exact) mass is 277 g/mol. The third kappa shape index (κ3) is 2.35. The van der Waals surface area contributed by atoms with Crippen LogP contribution in [-0.2, 0) is 0 Å². The van der Waals surface area contributed by atoms with E-state index >= 15 is 0 Å². The average Bonchev–Trinajstić information content (AvgIpc) is 3.16. The minimum absolute atomic E-state index is 0.0632. The number of rotatable bonds is 3. The Bertz CT molecular complexity index is 630. The highest BCUT2D eigenvalue weighted by atomic mass is 35.5. The fourth-order valence-electron chi connectivity index (χ4n) is 2.37. The van der Waals surface area contributed by atoms with Crippen molar-refractivity contribution in [3.8, 4) is 0 Å². The van der Waals surface area contributed by atoms with E-state index in [1.807, 2.05) is 13.1 Å². The van der Waals surface area contributed by atoms with Gasteiger partial charge in [0, 0.05) is 23.5 Å². The van der Waals surface area contributed by atoms with Crippen LogP contribution in [0.25, 0.3) is 11.0 Å². The number of amides is 1. The summed E-state index contributed by atoms with van der Waals surface area (Å²) in [6.07, 6.45) is 2.43. The van der Waals surface area contributed by atoms with Gasteiger partial charge in [0.1, 0.15) is 5.58 Å². The van der Waals surface area contributed by atoms with Crippen molar-refractivity contribution >= 4 is 28.5 Å². The van der Waals surface area contributed by atoms with Crippen LogP contribution in [0.5, 0.6) is 0 Å². The van der Waals surface area contributed by atoms with E-state index in [1.54, 1.807) is 23.1 Å². The molecule has 1 amide bonds. The SMILES string of the molecule is CC(C1CC1)N(C)C(=O)c1cc2cc(Cl)ccc2o1. The van der Waals surface area contributed by atoms with Gasteiger partial charge in [-0.1, -0.05) is 11.6 Å². The molecule has 4 heteroatoms. The summed E-state index contributed by atoms with van der Waals surface area (Å²) in [5, 5.41) is 1.51. The maximum atomic E-state index is 12.4. The maximum Gasteiger partial charge on any atom is 0.289 e. The number of nitrogens with zero attached hydrogens (tertiary/aromatic N) is 1. The molecule has 0 saturated heterocycles. The van der Waals surface area contributed by atoms with E-state index in [1.165, 1.54) is 12.8 Å². The zero-order valence-electron chi connectivity index (χ0n) is 11.0. The first-order chi connectivity index (χ1) is 9.06. The Balaban J connectivity index is 1.88. The summed E-state index contributed by atoms with van der Waals surface area (Å²) in [5.41, 5.74) is 0.695. The molecule has 1 aliphatic rings. The van der Waals surface area contributed by atoms with Gasteiger partial charge in [0.15, 0.2) is 5.76 Å². The minimum atomic E-state index is -0.0632. The molecule has 0 radical (unpaired) electrons. The second-order valence-corrected chi connectivity index (χ2v) is 5.72. The van der Waals surface area contributed by atoms with Crippen LogP contribution >= 0.6 is 11.6 Å². The van der Waals surface area contributed by atoms with Crippen LogP contribution in [-0.4, -0.2) is 23.9 Å². The number of carbonyl (C=O) groups excluding carboxylic acids is 1. The van der Waals surface area contributed by atoms with E-state index in [0.29, 0.717) is 22.3 Å². The lowest BCUT2D eigenvalue weighted by molar-refractivity contribution is 0.0697. The van der Waals surface area contributed by atoms with E-state index in [4.69, 9.17) is 16.0 Å². The van der Waals surface area contributed by atoms with Gasteiger partial charge in [-0.2, -0.15) is 0 Å². The molecule has 0 aliphatic heterocycles. The van der Waals surface area contributed by atoms with E-state index in [2.05, 4.69) is 6.92 Å². The summed E-state index contributed by atoms with van der Waals surface area (Å²) in [5.74, 6) is 0.965. The van der Waals surface area contributed by atoms with Crippen molar-refractivity contribution in [3.63, 3.8) is 0 Å². The summed E-state index contributed by atoms with van der Waals surface area (Å²) < 4.78 is 5.61. The summed E-state index contributed by atoms with van der Waals surface area (Å²) >= 11 is 5.93. The second kappa shape index (κ2) is 4.57. The van der Waals surface area contributed by atoms with Gasteiger partial charge in [-0.3, -0.25) is 4.79 Å². The summed E-state index contributed by atoms with van der Waals surface area (Å²) in [4.78, 5) is 14.1. The highest BCUT2D eigenvalue weighted by Crippen LogP contribution is 2.35. The molecule has 1 unspecified atom stereocenters. The maximum absolute atomic E-state index is 12.4. The lowest BCUT2D eigenvalue weighted by atomic mass is 10.2. The van der Waals surface area contributed by atoms with Crippen molar-refractivity contribution < 1.29 is 9.21 Å². The van der Waals surface area contributed by atoms with E-state index in [0.717, 1.165) is 5.39 Å². The van der Waals surface area contributed by atoms with Gasteiger partial charge in [-0.15, -0.1) is 0 Å². The molecular formula is C15H16ClNO2. The predicted molar refractivity (Wildman–Crippen MR) is 75.5 cm³/mol. The fourth-order valence-corrected chi connectivity index (χ4v) is 2.55. The molecule has 0 bridgehead atoms. The zero-order valence-corrected chi connectivity index (χ0v) is 11.8. The second-order valence-electron chi connectivity index (χ2n) is 5.29. The number of furan rings is 1. The van der Waals surface area contributed by atoms with Crippen LogP contribution in [0.3, 0.4) is 0 Å². The molecular weight excluding hydrogens is 262 g/mol. The molecule has 19 heavy (non-hydrogen) atoms. The molecule has 1 heterocycles. The van der Waals surface area contributed by atoms with Gasteiger partial charge in [-0.25, -0.2) is 0 Å². The first-order valence-electron chi connectivity index (χ1n) is 6.52. The normalized spacial score (nSPS) is 16.6.